The van der Waals surface area contributed by atoms with E-state index in [1.807, 2.05) is 13.8 Å². The Bertz CT molecular complexity index is 456. The molecule has 0 spiro atoms. The van der Waals surface area contributed by atoms with Gasteiger partial charge >= 0.3 is 11.7 Å². The molecule has 0 saturated heterocycles. The average molecular weight is 242 g/mol. The first-order valence-electron chi connectivity index (χ1n) is 4.96. The normalized spacial score (nSPS) is 12.4. The number of hydrogen-bond acceptors (Lipinski definition) is 4. The highest BCUT2D eigenvalue weighted by Crippen LogP contribution is 2.26. The molecular weight excluding hydrogens is 228 g/mol. The van der Waals surface area contributed by atoms with E-state index in [1.165, 1.54) is 11.8 Å². The molecule has 88 valence electrons. The summed E-state index contributed by atoms with van der Waals surface area (Å²) in [4.78, 5) is 28.3. The first kappa shape index (κ1) is 12.8. The highest BCUT2D eigenvalue weighted by Gasteiger charge is 2.18. The summed E-state index contributed by atoms with van der Waals surface area (Å²) >= 11 is 1.31. The Labute approximate surface area is 97.3 Å². The predicted molar refractivity (Wildman–Crippen MR) is 62.2 cm³/mol. The lowest BCUT2D eigenvalue weighted by atomic mass is 10.2. The number of H-pyrrole nitrogens is 1. The van der Waals surface area contributed by atoms with E-state index < -0.39 is 11.7 Å². The van der Waals surface area contributed by atoms with Crippen molar-refractivity contribution in [1.29, 1.82) is 0 Å². The Morgan fingerprint density at radius 3 is 2.75 bits per heavy atom. The second-order valence-corrected chi connectivity index (χ2v) is 4.92. The minimum atomic E-state index is -1.06. The van der Waals surface area contributed by atoms with E-state index in [0.29, 0.717) is 10.7 Å². The lowest BCUT2D eigenvalue weighted by Gasteiger charge is -2.10. The molecule has 0 saturated carbocycles. The summed E-state index contributed by atoms with van der Waals surface area (Å²) in [7, 11) is 0. The standard InChI is InChI=1S/C10H14N2O3S/c1-4-5(2)16-8-7(9(13)14)6(3)11-10(15)12-8/h5H,4H2,1-3H3,(H,13,14)(H,11,12,15). The maximum Gasteiger partial charge on any atom is 0.346 e. The highest BCUT2D eigenvalue weighted by molar-refractivity contribution is 7.99. The van der Waals surface area contributed by atoms with Gasteiger partial charge in [-0.05, 0) is 13.3 Å². The van der Waals surface area contributed by atoms with Gasteiger partial charge in [-0.15, -0.1) is 11.8 Å². The molecule has 0 aliphatic heterocycles. The number of hydrogen-bond donors (Lipinski definition) is 2. The van der Waals surface area contributed by atoms with Crippen molar-refractivity contribution in [3.05, 3.63) is 21.7 Å². The lowest BCUT2D eigenvalue weighted by Crippen LogP contribution is -2.18. The Kier molecular flexibility index (Phi) is 4.12. The molecule has 1 heterocycles. The van der Waals surface area contributed by atoms with Gasteiger partial charge in [0.1, 0.15) is 10.6 Å². The maximum absolute atomic E-state index is 11.2. The lowest BCUT2D eigenvalue weighted by molar-refractivity contribution is 0.0690. The van der Waals surface area contributed by atoms with Crippen molar-refractivity contribution >= 4 is 17.7 Å². The average Bonchev–Trinajstić information content (AvgIpc) is 2.15. The molecule has 1 aromatic rings. The van der Waals surface area contributed by atoms with Crippen LogP contribution in [0, 0.1) is 6.92 Å². The third kappa shape index (κ3) is 2.85. The van der Waals surface area contributed by atoms with Crippen molar-refractivity contribution in [2.24, 2.45) is 0 Å². The highest BCUT2D eigenvalue weighted by atomic mass is 32.2. The summed E-state index contributed by atoms with van der Waals surface area (Å²) in [5.41, 5.74) is -0.0727. The SMILES string of the molecule is CCC(C)Sc1nc(=O)[nH]c(C)c1C(=O)O. The number of carboxylic acids is 1. The quantitative estimate of drug-likeness (QED) is 0.620. The van der Waals surface area contributed by atoms with Crippen molar-refractivity contribution in [3.63, 3.8) is 0 Å². The third-order valence-electron chi connectivity index (χ3n) is 2.19. The molecule has 1 rings (SSSR count). The van der Waals surface area contributed by atoms with E-state index in [4.69, 9.17) is 5.11 Å². The van der Waals surface area contributed by atoms with Gasteiger partial charge in [0.2, 0.25) is 0 Å². The molecule has 2 N–H and O–H groups in total. The van der Waals surface area contributed by atoms with Crippen molar-refractivity contribution in [1.82, 2.24) is 9.97 Å². The van der Waals surface area contributed by atoms with E-state index in [1.54, 1.807) is 6.92 Å². The van der Waals surface area contributed by atoms with Gasteiger partial charge in [0, 0.05) is 10.9 Å². The van der Waals surface area contributed by atoms with Crippen LogP contribution < -0.4 is 5.69 Å². The van der Waals surface area contributed by atoms with Gasteiger partial charge in [0.25, 0.3) is 0 Å². The van der Waals surface area contributed by atoms with Gasteiger partial charge in [-0.25, -0.2) is 9.59 Å². The molecule has 1 unspecified atom stereocenters. The van der Waals surface area contributed by atoms with Crippen LogP contribution in [0.15, 0.2) is 9.82 Å². The summed E-state index contributed by atoms with van der Waals surface area (Å²) in [5.74, 6) is -1.06. The van der Waals surface area contributed by atoms with Gasteiger partial charge in [-0.1, -0.05) is 13.8 Å². The molecular formula is C10H14N2O3S. The topological polar surface area (TPSA) is 83.0 Å². The molecule has 0 aromatic carbocycles. The van der Waals surface area contributed by atoms with Crippen LogP contribution in [0.2, 0.25) is 0 Å². The number of nitrogens with zero attached hydrogens (tertiary/aromatic N) is 1. The largest absolute Gasteiger partial charge is 0.478 e. The molecule has 16 heavy (non-hydrogen) atoms. The molecule has 0 fully saturated rings. The summed E-state index contributed by atoms with van der Waals surface area (Å²) in [6.45, 7) is 5.53. The fourth-order valence-corrected chi connectivity index (χ4v) is 2.21. The number of aryl methyl sites for hydroxylation is 1. The fourth-order valence-electron chi connectivity index (χ4n) is 1.17. The van der Waals surface area contributed by atoms with Crippen LogP contribution in [-0.2, 0) is 0 Å². The Hall–Kier alpha value is -1.30. The second-order valence-electron chi connectivity index (χ2n) is 3.49. The first-order valence-corrected chi connectivity index (χ1v) is 5.84. The zero-order chi connectivity index (χ0) is 12.3. The monoisotopic (exact) mass is 242 g/mol. The van der Waals surface area contributed by atoms with E-state index in [9.17, 15) is 9.59 Å². The Balaban J connectivity index is 3.24. The van der Waals surface area contributed by atoms with Gasteiger partial charge in [-0.2, -0.15) is 4.98 Å². The van der Waals surface area contributed by atoms with Gasteiger partial charge in [0.05, 0.1) is 0 Å². The third-order valence-corrected chi connectivity index (χ3v) is 3.44. The van der Waals surface area contributed by atoms with Crippen molar-refractivity contribution in [3.8, 4) is 0 Å². The van der Waals surface area contributed by atoms with Crippen LogP contribution in [0.3, 0.4) is 0 Å². The van der Waals surface area contributed by atoms with Crippen LogP contribution in [0.1, 0.15) is 36.3 Å². The van der Waals surface area contributed by atoms with Gasteiger partial charge in [-0.3, -0.25) is 0 Å². The number of thioether (sulfide) groups is 1. The summed E-state index contributed by atoms with van der Waals surface area (Å²) < 4.78 is 0. The zero-order valence-electron chi connectivity index (χ0n) is 9.40. The van der Waals surface area contributed by atoms with Crippen LogP contribution in [-0.4, -0.2) is 26.3 Å². The van der Waals surface area contributed by atoms with Crippen LogP contribution in [0.25, 0.3) is 0 Å². The van der Waals surface area contributed by atoms with Crippen molar-refractivity contribution in [2.45, 2.75) is 37.5 Å². The second kappa shape index (κ2) is 5.16. The zero-order valence-corrected chi connectivity index (χ0v) is 10.2. The smallest absolute Gasteiger partial charge is 0.346 e. The van der Waals surface area contributed by atoms with Gasteiger partial charge in [0.15, 0.2) is 0 Å². The summed E-state index contributed by atoms with van der Waals surface area (Å²) in [6.07, 6.45) is 0.886. The Morgan fingerprint density at radius 1 is 1.62 bits per heavy atom. The van der Waals surface area contributed by atoms with Crippen molar-refractivity contribution in [2.75, 3.05) is 0 Å². The molecule has 0 amide bonds. The molecule has 0 bridgehead atoms. The molecule has 0 aliphatic carbocycles. The predicted octanol–water partition coefficient (Wildman–Crippen LogP) is 1.67. The van der Waals surface area contributed by atoms with Gasteiger partial charge < -0.3 is 10.1 Å². The number of aromatic nitrogens is 2. The number of carbonyl (C=O) groups is 1. The Morgan fingerprint density at radius 2 is 2.25 bits per heavy atom. The van der Waals surface area contributed by atoms with E-state index in [0.717, 1.165) is 6.42 Å². The van der Waals surface area contributed by atoms with Crippen molar-refractivity contribution < 1.29 is 9.90 Å². The molecule has 6 heteroatoms. The molecule has 0 radical (unpaired) electrons. The number of aromatic carboxylic acids is 1. The number of carboxylic acid groups (broad SMARTS) is 1. The summed E-state index contributed by atoms with van der Waals surface area (Å²) in [6, 6.07) is 0. The number of aromatic amines is 1. The fraction of sp³-hybridized carbons (Fsp3) is 0.500. The molecule has 1 atom stereocenters. The van der Waals surface area contributed by atoms with Crippen LogP contribution in [0.5, 0.6) is 0 Å². The van der Waals surface area contributed by atoms with Crippen LogP contribution in [0.4, 0.5) is 0 Å². The minimum absolute atomic E-state index is 0.0879. The van der Waals surface area contributed by atoms with E-state index in [2.05, 4.69) is 9.97 Å². The molecule has 1 aromatic heterocycles. The number of rotatable bonds is 4. The van der Waals surface area contributed by atoms with E-state index in [-0.39, 0.29) is 10.8 Å². The first-order chi connectivity index (χ1) is 7.45. The maximum atomic E-state index is 11.2. The molecule has 5 nitrogen and oxygen atoms in total. The summed E-state index contributed by atoms with van der Waals surface area (Å²) in [5, 5.41) is 9.57. The molecule has 0 aliphatic rings. The van der Waals surface area contributed by atoms with E-state index >= 15 is 0 Å². The number of nitrogens with one attached hydrogen (secondary N) is 1. The van der Waals surface area contributed by atoms with Crippen LogP contribution >= 0.6 is 11.8 Å². The minimum Gasteiger partial charge on any atom is -0.478 e.